The highest BCUT2D eigenvalue weighted by atomic mass is 28.4. The van der Waals surface area contributed by atoms with Crippen LogP contribution in [-0.2, 0) is 10.8 Å². The average molecular weight is 366 g/mol. The lowest BCUT2D eigenvalue weighted by atomic mass is 10.2. The Morgan fingerprint density at radius 2 is 1.73 bits per heavy atom. The number of hydrogen-bond acceptors (Lipinski definition) is 4. The van der Waals surface area contributed by atoms with Gasteiger partial charge in [0.05, 0.1) is 16.7 Å². The quantitative estimate of drug-likeness (QED) is 0.407. The molecule has 0 aliphatic rings. The Morgan fingerprint density at radius 3 is 2.42 bits per heavy atom. The van der Waals surface area contributed by atoms with Crippen LogP contribution < -0.4 is 4.90 Å². The van der Waals surface area contributed by atoms with E-state index in [1.54, 1.807) is 0 Å². The number of rotatable bonds is 7. The van der Waals surface area contributed by atoms with E-state index in [2.05, 4.69) is 72.8 Å². The van der Waals surface area contributed by atoms with Gasteiger partial charge in [0, 0.05) is 17.6 Å². The zero-order valence-electron chi connectivity index (χ0n) is 16.1. The summed E-state index contributed by atoms with van der Waals surface area (Å²) in [5.74, 6) is 0. The molecule has 0 aliphatic carbocycles. The summed E-state index contributed by atoms with van der Waals surface area (Å²) >= 11 is 0. The summed E-state index contributed by atoms with van der Waals surface area (Å²) in [5, 5.41) is 0. The first-order chi connectivity index (χ1) is 12.5. The van der Waals surface area contributed by atoms with Crippen molar-refractivity contribution in [3.8, 4) is 0 Å². The molecule has 0 bridgehead atoms. The third-order valence-electron chi connectivity index (χ3n) is 4.09. The predicted molar refractivity (Wildman–Crippen MR) is 111 cm³/mol. The van der Waals surface area contributed by atoms with Crippen LogP contribution >= 0.6 is 0 Å². The molecule has 136 valence electrons. The van der Waals surface area contributed by atoms with Crippen molar-refractivity contribution in [2.24, 2.45) is 0 Å². The maximum Gasteiger partial charge on any atom is 0.186 e. The van der Waals surface area contributed by atoms with E-state index >= 15 is 0 Å². The van der Waals surface area contributed by atoms with Gasteiger partial charge >= 0.3 is 0 Å². The Balaban J connectivity index is 1.99. The van der Waals surface area contributed by atoms with Crippen molar-refractivity contribution < 1.29 is 4.43 Å². The molecule has 0 fully saturated rings. The molecule has 1 aromatic heterocycles. The molecule has 3 aromatic rings. The number of nitrogens with zero attached hydrogens (tertiary/aromatic N) is 3. The van der Waals surface area contributed by atoms with Gasteiger partial charge in [-0.2, -0.15) is 0 Å². The SMILES string of the molecule is CCCc1cnc2ccc(N(CO[Si](C)(C)C)c3ccccc3)cc2n1. The standard InChI is InChI=1S/C21H27N3OSi/c1-5-9-17-15-22-20-13-12-19(14-21(20)23-17)24(16-25-26(2,3)4)18-10-7-6-8-11-18/h6-8,10-15H,5,9,16H2,1-4H3. The third-order valence-corrected chi connectivity index (χ3v) is 5.08. The third kappa shape index (κ3) is 4.68. The van der Waals surface area contributed by atoms with Gasteiger partial charge < -0.3 is 9.33 Å². The van der Waals surface area contributed by atoms with Crippen LogP contribution in [0.4, 0.5) is 11.4 Å². The van der Waals surface area contributed by atoms with Crippen molar-refractivity contribution in [2.45, 2.75) is 39.4 Å². The molecule has 0 saturated carbocycles. The van der Waals surface area contributed by atoms with Gasteiger partial charge in [0.1, 0.15) is 6.73 Å². The highest BCUT2D eigenvalue weighted by molar-refractivity contribution is 6.69. The second-order valence-corrected chi connectivity index (χ2v) is 11.9. The molecule has 1 heterocycles. The van der Waals surface area contributed by atoms with Crippen molar-refractivity contribution in [1.29, 1.82) is 0 Å². The van der Waals surface area contributed by atoms with Gasteiger partial charge in [0.25, 0.3) is 0 Å². The molecule has 26 heavy (non-hydrogen) atoms. The summed E-state index contributed by atoms with van der Waals surface area (Å²) in [5.41, 5.74) is 5.09. The van der Waals surface area contributed by atoms with Crippen molar-refractivity contribution in [3.05, 3.63) is 60.4 Å². The Hall–Kier alpha value is -2.24. The van der Waals surface area contributed by atoms with Crippen LogP contribution in [0.1, 0.15) is 19.0 Å². The zero-order chi connectivity index (χ0) is 18.6. The van der Waals surface area contributed by atoms with Crippen LogP contribution in [0.25, 0.3) is 11.0 Å². The minimum Gasteiger partial charge on any atom is -0.400 e. The van der Waals surface area contributed by atoms with Crippen LogP contribution in [0, 0.1) is 0 Å². The summed E-state index contributed by atoms with van der Waals surface area (Å²) < 4.78 is 6.20. The molecule has 4 nitrogen and oxygen atoms in total. The lowest BCUT2D eigenvalue weighted by Gasteiger charge is -2.29. The molecule has 0 radical (unpaired) electrons. The van der Waals surface area contributed by atoms with E-state index in [1.807, 2.05) is 18.3 Å². The number of aromatic nitrogens is 2. The zero-order valence-corrected chi connectivity index (χ0v) is 17.1. The van der Waals surface area contributed by atoms with Crippen molar-refractivity contribution >= 4 is 30.7 Å². The molecule has 3 rings (SSSR count). The van der Waals surface area contributed by atoms with Crippen LogP contribution in [-0.4, -0.2) is 25.0 Å². The van der Waals surface area contributed by atoms with Gasteiger partial charge in [0.2, 0.25) is 0 Å². The number of para-hydroxylation sites is 1. The molecule has 0 unspecified atom stereocenters. The Labute approximate surface area is 157 Å². The first-order valence-corrected chi connectivity index (χ1v) is 12.6. The van der Waals surface area contributed by atoms with Gasteiger partial charge in [-0.1, -0.05) is 31.5 Å². The minimum atomic E-state index is -1.63. The topological polar surface area (TPSA) is 38.2 Å². The Morgan fingerprint density at radius 1 is 0.962 bits per heavy atom. The summed E-state index contributed by atoms with van der Waals surface area (Å²) in [6.45, 7) is 9.32. The first-order valence-electron chi connectivity index (χ1n) is 9.18. The fourth-order valence-corrected chi connectivity index (χ4v) is 3.26. The minimum absolute atomic E-state index is 0.535. The van der Waals surface area contributed by atoms with Crippen molar-refractivity contribution in [2.75, 3.05) is 11.6 Å². The van der Waals surface area contributed by atoms with Gasteiger partial charge in [-0.3, -0.25) is 4.98 Å². The molecule has 2 aromatic carbocycles. The molecule has 0 spiro atoms. The van der Waals surface area contributed by atoms with E-state index in [4.69, 9.17) is 9.41 Å². The number of benzene rings is 2. The van der Waals surface area contributed by atoms with Crippen molar-refractivity contribution in [1.82, 2.24) is 9.97 Å². The summed E-state index contributed by atoms with van der Waals surface area (Å²) in [7, 11) is -1.63. The predicted octanol–water partition coefficient (Wildman–Crippen LogP) is 5.53. The molecule has 5 heteroatoms. The molecule has 0 saturated heterocycles. The summed E-state index contributed by atoms with van der Waals surface area (Å²) in [6.07, 6.45) is 3.91. The first kappa shape index (κ1) is 18.5. The highest BCUT2D eigenvalue weighted by Gasteiger charge is 2.18. The Kier molecular flexibility index (Phi) is 5.69. The maximum atomic E-state index is 6.20. The second-order valence-electron chi connectivity index (χ2n) is 7.43. The van der Waals surface area contributed by atoms with E-state index < -0.39 is 8.32 Å². The van der Waals surface area contributed by atoms with Crippen molar-refractivity contribution in [3.63, 3.8) is 0 Å². The van der Waals surface area contributed by atoms with Crippen LogP contribution in [0.2, 0.25) is 19.6 Å². The smallest absolute Gasteiger partial charge is 0.186 e. The molecule has 0 amide bonds. The number of anilines is 2. The van der Waals surface area contributed by atoms with Crippen LogP contribution in [0.15, 0.2) is 54.7 Å². The molecular formula is C21H27N3OSi. The van der Waals surface area contributed by atoms with E-state index in [1.165, 1.54) is 0 Å². The maximum absolute atomic E-state index is 6.20. The Bertz CT molecular complexity index is 862. The average Bonchev–Trinajstić information content (AvgIpc) is 2.62. The van der Waals surface area contributed by atoms with Crippen LogP contribution in [0.3, 0.4) is 0 Å². The van der Waals surface area contributed by atoms with E-state index in [9.17, 15) is 0 Å². The molecule has 0 atom stereocenters. The number of hydrogen-bond donors (Lipinski definition) is 0. The number of aryl methyl sites for hydroxylation is 1. The highest BCUT2D eigenvalue weighted by Crippen LogP contribution is 2.28. The van der Waals surface area contributed by atoms with Gasteiger partial charge in [-0.25, -0.2) is 4.98 Å². The second kappa shape index (κ2) is 7.97. The monoisotopic (exact) mass is 365 g/mol. The fraction of sp³-hybridized carbons (Fsp3) is 0.333. The fourth-order valence-electron chi connectivity index (χ4n) is 2.75. The van der Waals surface area contributed by atoms with E-state index in [0.717, 1.165) is 40.9 Å². The lowest BCUT2D eigenvalue weighted by Crippen LogP contribution is -2.32. The lowest BCUT2D eigenvalue weighted by molar-refractivity contribution is 0.321. The van der Waals surface area contributed by atoms with Gasteiger partial charge in [-0.05, 0) is 56.4 Å². The summed E-state index contributed by atoms with van der Waals surface area (Å²) in [6, 6.07) is 16.6. The van der Waals surface area contributed by atoms with E-state index in [0.29, 0.717) is 6.73 Å². The normalized spacial score (nSPS) is 11.7. The number of fused-ring (bicyclic) bond motifs is 1. The molecule has 0 aliphatic heterocycles. The largest absolute Gasteiger partial charge is 0.400 e. The summed E-state index contributed by atoms with van der Waals surface area (Å²) in [4.78, 5) is 11.5. The molecular weight excluding hydrogens is 338 g/mol. The molecule has 0 N–H and O–H groups in total. The van der Waals surface area contributed by atoms with Gasteiger partial charge in [0.15, 0.2) is 8.32 Å². The van der Waals surface area contributed by atoms with Crippen LogP contribution in [0.5, 0.6) is 0 Å². The van der Waals surface area contributed by atoms with E-state index in [-0.39, 0.29) is 0 Å². The van der Waals surface area contributed by atoms with Gasteiger partial charge in [-0.15, -0.1) is 0 Å².